The first-order chi connectivity index (χ1) is 11.2. The molecule has 0 spiro atoms. The summed E-state index contributed by atoms with van der Waals surface area (Å²) in [5, 5.41) is 0. The number of hydrogen-bond donors (Lipinski definition) is 0. The van der Waals surface area contributed by atoms with Gasteiger partial charge in [-0.25, -0.2) is 0 Å². The number of aldehydes is 1. The lowest BCUT2D eigenvalue weighted by atomic mass is 10.2. The van der Waals surface area contributed by atoms with E-state index in [1.54, 1.807) is 18.2 Å². The zero-order valence-electron chi connectivity index (χ0n) is 13.6. The van der Waals surface area contributed by atoms with Gasteiger partial charge in [-0.3, -0.25) is 4.79 Å². The van der Waals surface area contributed by atoms with E-state index in [1.807, 2.05) is 38.1 Å². The van der Waals surface area contributed by atoms with Crippen LogP contribution in [0.1, 0.15) is 29.3 Å². The van der Waals surface area contributed by atoms with Crippen LogP contribution in [0.4, 0.5) is 0 Å². The number of aryl methyl sites for hydroxylation is 1. The largest absolute Gasteiger partial charge is 0.493 e. The SMILES string of the molecule is CCOc1cc(C=O)ccc1OCCCOc1ccc(C)cc1. The van der Waals surface area contributed by atoms with Crippen molar-refractivity contribution in [2.24, 2.45) is 0 Å². The van der Waals surface area contributed by atoms with Crippen LogP contribution in [-0.4, -0.2) is 26.1 Å². The van der Waals surface area contributed by atoms with Crippen molar-refractivity contribution in [1.29, 1.82) is 0 Å². The minimum atomic E-state index is 0.520. The molecule has 0 aromatic heterocycles. The van der Waals surface area contributed by atoms with Crippen LogP contribution in [0.25, 0.3) is 0 Å². The average Bonchev–Trinajstić information content (AvgIpc) is 2.57. The molecule has 4 nitrogen and oxygen atoms in total. The Morgan fingerprint density at radius 1 is 0.913 bits per heavy atom. The van der Waals surface area contributed by atoms with Crippen molar-refractivity contribution < 1.29 is 19.0 Å². The molecule has 0 fully saturated rings. The Bertz CT molecular complexity index is 620. The van der Waals surface area contributed by atoms with E-state index in [0.29, 0.717) is 36.9 Å². The topological polar surface area (TPSA) is 44.8 Å². The summed E-state index contributed by atoms with van der Waals surface area (Å²) in [5.74, 6) is 2.10. The zero-order valence-corrected chi connectivity index (χ0v) is 13.6. The molecule has 0 bridgehead atoms. The molecule has 0 aliphatic carbocycles. The van der Waals surface area contributed by atoms with Crippen molar-refractivity contribution >= 4 is 6.29 Å². The van der Waals surface area contributed by atoms with Gasteiger partial charge in [-0.15, -0.1) is 0 Å². The minimum Gasteiger partial charge on any atom is -0.493 e. The lowest BCUT2D eigenvalue weighted by molar-refractivity contribution is 0.112. The fourth-order valence-corrected chi connectivity index (χ4v) is 2.05. The Morgan fingerprint density at radius 2 is 1.65 bits per heavy atom. The van der Waals surface area contributed by atoms with E-state index in [-0.39, 0.29) is 0 Å². The van der Waals surface area contributed by atoms with Gasteiger partial charge in [0.15, 0.2) is 11.5 Å². The molecular weight excluding hydrogens is 292 g/mol. The third-order valence-corrected chi connectivity index (χ3v) is 3.24. The fraction of sp³-hybridized carbons (Fsp3) is 0.316. The lowest BCUT2D eigenvalue weighted by Crippen LogP contribution is -2.06. The van der Waals surface area contributed by atoms with Crippen molar-refractivity contribution in [2.75, 3.05) is 19.8 Å². The van der Waals surface area contributed by atoms with Gasteiger partial charge in [-0.1, -0.05) is 17.7 Å². The number of rotatable bonds is 9. The van der Waals surface area contributed by atoms with Crippen LogP contribution in [0.15, 0.2) is 42.5 Å². The van der Waals surface area contributed by atoms with Gasteiger partial charge in [0.1, 0.15) is 12.0 Å². The maximum atomic E-state index is 10.8. The molecule has 0 aliphatic rings. The molecule has 0 unspecified atom stereocenters. The smallest absolute Gasteiger partial charge is 0.161 e. The van der Waals surface area contributed by atoms with Crippen molar-refractivity contribution in [3.8, 4) is 17.2 Å². The van der Waals surface area contributed by atoms with Gasteiger partial charge in [0, 0.05) is 12.0 Å². The number of carbonyl (C=O) groups excluding carboxylic acids is 1. The van der Waals surface area contributed by atoms with Crippen LogP contribution >= 0.6 is 0 Å². The summed E-state index contributed by atoms with van der Waals surface area (Å²) >= 11 is 0. The minimum absolute atomic E-state index is 0.520. The van der Waals surface area contributed by atoms with E-state index in [9.17, 15) is 4.79 Å². The summed E-state index contributed by atoms with van der Waals surface area (Å²) in [7, 11) is 0. The molecule has 122 valence electrons. The number of carbonyl (C=O) groups is 1. The number of hydrogen-bond acceptors (Lipinski definition) is 4. The first kappa shape index (κ1) is 16.9. The first-order valence-corrected chi connectivity index (χ1v) is 7.77. The predicted octanol–water partition coefficient (Wildman–Crippen LogP) is 4.05. The van der Waals surface area contributed by atoms with E-state index < -0.39 is 0 Å². The Kier molecular flexibility index (Phi) is 6.48. The molecule has 0 amide bonds. The summed E-state index contributed by atoms with van der Waals surface area (Å²) in [6, 6.07) is 13.1. The third-order valence-electron chi connectivity index (χ3n) is 3.24. The van der Waals surface area contributed by atoms with Crippen molar-refractivity contribution in [3.63, 3.8) is 0 Å². The first-order valence-electron chi connectivity index (χ1n) is 7.77. The maximum Gasteiger partial charge on any atom is 0.161 e. The standard InChI is InChI=1S/C19H22O4/c1-3-21-19-13-16(14-20)7-10-18(19)23-12-4-11-22-17-8-5-15(2)6-9-17/h5-10,13-14H,3-4,11-12H2,1-2H3. The molecule has 0 heterocycles. The molecule has 2 aromatic rings. The van der Waals surface area contributed by atoms with Crippen LogP contribution in [0.2, 0.25) is 0 Å². The normalized spacial score (nSPS) is 10.2. The lowest BCUT2D eigenvalue weighted by Gasteiger charge is -2.12. The molecule has 0 atom stereocenters. The van der Waals surface area contributed by atoms with Crippen LogP contribution < -0.4 is 14.2 Å². The summed E-state index contributed by atoms with van der Waals surface area (Å²) in [4.78, 5) is 10.8. The Hall–Kier alpha value is -2.49. The number of ether oxygens (including phenoxy) is 3. The van der Waals surface area contributed by atoms with E-state index >= 15 is 0 Å². The molecule has 0 radical (unpaired) electrons. The van der Waals surface area contributed by atoms with E-state index in [4.69, 9.17) is 14.2 Å². The molecule has 4 heteroatoms. The zero-order chi connectivity index (χ0) is 16.5. The Labute approximate surface area is 137 Å². The summed E-state index contributed by atoms with van der Waals surface area (Å²) < 4.78 is 16.9. The van der Waals surface area contributed by atoms with Crippen LogP contribution in [0.3, 0.4) is 0 Å². The highest BCUT2D eigenvalue weighted by Gasteiger charge is 2.06. The van der Waals surface area contributed by atoms with Crippen LogP contribution in [-0.2, 0) is 0 Å². The molecular formula is C19H22O4. The van der Waals surface area contributed by atoms with Crippen LogP contribution in [0, 0.1) is 6.92 Å². The Balaban J connectivity index is 1.79. The monoisotopic (exact) mass is 314 g/mol. The van der Waals surface area contributed by atoms with E-state index in [0.717, 1.165) is 18.5 Å². The summed E-state index contributed by atoms with van der Waals surface area (Å²) in [5.41, 5.74) is 1.78. The highest BCUT2D eigenvalue weighted by Crippen LogP contribution is 2.28. The summed E-state index contributed by atoms with van der Waals surface area (Å²) in [6.45, 7) is 5.57. The highest BCUT2D eigenvalue weighted by atomic mass is 16.5. The van der Waals surface area contributed by atoms with E-state index in [1.165, 1.54) is 5.56 Å². The van der Waals surface area contributed by atoms with Gasteiger partial charge in [0.05, 0.1) is 19.8 Å². The second kappa shape index (κ2) is 8.83. The molecule has 2 rings (SSSR count). The van der Waals surface area contributed by atoms with Crippen molar-refractivity contribution in [2.45, 2.75) is 20.3 Å². The fourth-order valence-electron chi connectivity index (χ4n) is 2.05. The molecule has 0 saturated heterocycles. The van der Waals surface area contributed by atoms with Gasteiger partial charge in [-0.05, 0) is 44.2 Å². The second-order valence-corrected chi connectivity index (χ2v) is 5.12. The van der Waals surface area contributed by atoms with Gasteiger partial charge in [0.25, 0.3) is 0 Å². The molecule has 0 saturated carbocycles. The number of benzene rings is 2. The third kappa shape index (κ3) is 5.33. The van der Waals surface area contributed by atoms with Crippen molar-refractivity contribution in [1.82, 2.24) is 0 Å². The Morgan fingerprint density at radius 3 is 2.35 bits per heavy atom. The molecule has 23 heavy (non-hydrogen) atoms. The maximum absolute atomic E-state index is 10.8. The van der Waals surface area contributed by atoms with E-state index in [2.05, 4.69) is 0 Å². The summed E-state index contributed by atoms with van der Waals surface area (Å²) in [6.07, 6.45) is 1.55. The quantitative estimate of drug-likeness (QED) is 0.517. The molecule has 2 aromatic carbocycles. The second-order valence-electron chi connectivity index (χ2n) is 5.12. The van der Waals surface area contributed by atoms with Crippen LogP contribution in [0.5, 0.6) is 17.2 Å². The molecule has 0 aliphatic heterocycles. The van der Waals surface area contributed by atoms with Gasteiger partial charge < -0.3 is 14.2 Å². The highest BCUT2D eigenvalue weighted by molar-refractivity contribution is 5.76. The predicted molar refractivity (Wildman–Crippen MR) is 89.8 cm³/mol. The molecule has 0 N–H and O–H groups in total. The van der Waals surface area contributed by atoms with Crippen molar-refractivity contribution in [3.05, 3.63) is 53.6 Å². The average molecular weight is 314 g/mol. The van der Waals surface area contributed by atoms with Gasteiger partial charge in [0.2, 0.25) is 0 Å². The van der Waals surface area contributed by atoms with Gasteiger partial charge >= 0.3 is 0 Å². The van der Waals surface area contributed by atoms with Gasteiger partial charge in [-0.2, -0.15) is 0 Å².